The second kappa shape index (κ2) is 6.72. The zero-order valence-corrected chi connectivity index (χ0v) is 15.0. The molecule has 2 aromatic rings. The third-order valence-corrected chi connectivity index (χ3v) is 4.59. The molecule has 4 rings (SSSR count). The van der Waals surface area contributed by atoms with Gasteiger partial charge < -0.3 is 5.32 Å². The van der Waals surface area contributed by atoms with E-state index in [2.05, 4.69) is 34.1 Å². The number of nitrogens with one attached hydrogen (secondary N) is 1. The fourth-order valence-electron chi connectivity index (χ4n) is 3.25. The number of fused-ring (bicyclic) bond motifs is 2. The summed E-state index contributed by atoms with van der Waals surface area (Å²) in [5.74, 6) is -0.355. The van der Waals surface area contributed by atoms with Gasteiger partial charge in [-0.25, -0.2) is 9.98 Å². The Morgan fingerprint density at radius 3 is 2.74 bits per heavy atom. The lowest BCUT2D eigenvalue weighted by atomic mass is 9.82. The molecule has 0 saturated carbocycles. The fraction of sp³-hybridized carbons (Fsp3) is 0.190. The number of amides is 2. The van der Waals surface area contributed by atoms with Gasteiger partial charge in [-0.3, -0.25) is 14.6 Å². The van der Waals surface area contributed by atoms with Gasteiger partial charge >= 0.3 is 0 Å². The lowest BCUT2D eigenvalue weighted by Gasteiger charge is -2.29. The van der Waals surface area contributed by atoms with Crippen molar-refractivity contribution in [3.8, 4) is 0 Å². The van der Waals surface area contributed by atoms with Crippen molar-refractivity contribution >= 4 is 28.6 Å². The van der Waals surface area contributed by atoms with Crippen LogP contribution in [0.5, 0.6) is 0 Å². The second-order valence-electron chi connectivity index (χ2n) is 6.81. The molecule has 0 fully saturated rings. The van der Waals surface area contributed by atoms with Crippen LogP contribution in [-0.4, -0.2) is 27.5 Å². The van der Waals surface area contributed by atoms with E-state index >= 15 is 0 Å². The Kier molecular flexibility index (Phi) is 4.24. The summed E-state index contributed by atoms with van der Waals surface area (Å²) in [5.41, 5.74) is 3.82. The predicted octanol–water partition coefficient (Wildman–Crippen LogP) is 2.99. The summed E-state index contributed by atoms with van der Waals surface area (Å²) in [5, 5.41) is 2.84. The predicted molar refractivity (Wildman–Crippen MR) is 103 cm³/mol. The minimum absolute atomic E-state index is 0.0113. The Hall–Kier alpha value is -3.41. The Morgan fingerprint density at radius 1 is 1.19 bits per heavy atom. The van der Waals surface area contributed by atoms with Gasteiger partial charge in [-0.1, -0.05) is 32.1 Å². The molecule has 6 nitrogen and oxygen atoms in total. The summed E-state index contributed by atoms with van der Waals surface area (Å²) >= 11 is 0. The standard InChI is InChI=1S/C21H18N4O2/c1-12(2)15-10-20(26)25-18-9-13(7-8-14(15)18)23-21(27)19-11-22-16-5-3-4-6-17(16)24-19/h3-12,14H,1-2H3,(H,25,26). The normalized spacial score (nSPS) is 20.3. The number of hydrogen-bond acceptors (Lipinski definition) is 4. The molecule has 1 unspecified atom stereocenters. The van der Waals surface area contributed by atoms with E-state index in [-0.39, 0.29) is 23.4 Å². The number of benzene rings is 1. The Morgan fingerprint density at radius 2 is 1.96 bits per heavy atom. The van der Waals surface area contributed by atoms with E-state index in [1.165, 1.54) is 6.20 Å². The topological polar surface area (TPSA) is 84.3 Å². The zero-order valence-electron chi connectivity index (χ0n) is 15.0. The van der Waals surface area contributed by atoms with Crippen LogP contribution in [0.4, 0.5) is 0 Å². The third-order valence-electron chi connectivity index (χ3n) is 4.59. The highest BCUT2D eigenvalue weighted by molar-refractivity contribution is 6.13. The van der Waals surface area contributed by atoms with Crippen molar-refractivity contribution in [2.24, 2.45) is 16.8 Å². The third kappa shape index (κ3) is 3.33. The van der Waals surface area contributed by atoms with Crippen molar-refractivity contribution in [3.63, 3.8) is 0 Å². The van der Waals surface area contributed by atoms with Crippen LogP contribution >= 0.6 is 0 Å². The molecular weight excluding hydrogens is 340 g/mol. The number of hydrogen-bond donors (Lipinski definition) is 1. The molecule has 1 aromatic carbocycles. The first-order valence-corrected chi connectivity index (χ1v) is 8.78. The molecule has 1 N–H and O–H groups in total. The van der Waals surface area contributed by atoms with Crippen molar-refractivity contribution in [1.29, 1.82) is 0 Å². The molecule has 134 valence electrons. The second-order valence-corrected chi connectivity index (χ2v) is 6.81. The Balaban J connectivity index is 1.63. The monoisotopic (exact) mass is 358 g/mol. The SMILES string of the molecule is CC(C)C1=CC(=O)NC2=CC(=NC(=O)c3cnc4ccccc4n3)C=CC21. The highest BCUT2D eigenvalue weighted by atomic mass is 16.2. The van der Waals surface area contributed by atoms with E-state index in [9.17, 15) is 9.59 Å². The van der Waals surface area contributed by atoms with Gasteiger partial charge in [0.05, 0.1) is 22.9 Å². The number of para-hydroxylation sites is 2. The highest BCUT2D eigenvalue weighted by Crippen LogP contribution is 2.31. The first kappa shape index (κ1) is 17.0. The number of carbonyl (C=O) groups is 2. The summed E-state index contributed by atoms with van der Waals surface area (Å²) in [6.07, 6.45) is 8.57. The Labute approximate surface area is 156 Å². The van der Waals surface area contributed by atoms with Crippen LogP contribution < -0.4 is 5.32 Å². The summed E-state index contributed by atoms with van der Waals surface area (Å²) in [4.78, 5) is 37.1. The Bertz CT molecular complexity index is 1080. The van der Waals surface area contributed by atoms with Crippen LogP contribution in [0.2, 0.25) is 0 Å². The van der Waals surface area contributed by atoms with Gasteiger partial charge in [0.15, 0.2) is 0 Å². The molecule has 2 heterocycles. The van der Waals surface area contributed by atoms with Crippen molar-refractivity contribution in [3.05, 3.63) is 71.7 Å². The fourth-order valence-corrected chi connectivity index (χ4v) is 3.25. The number of nitrogens with zero attached hydrogens (tertiary/aromatic N) is 3. The van der Waals surface area contributed by atoms with Crippen molar-refractivity contribution in [1.82, 2.24) is 15.3 Å². The molecule has 27 heavy (non-hydrogen) atoms. The summed E-state index contributed by atoms with van der Waals surface area (Å²) in [6.45, 7) is 4.11. The number of aromatic nitrogens is 2. The molecule has 2 amide bonds. The smallest absolute Gasteiger partial charge is 0.297 e. The molecule has 0 spiro atoms. The van der Waals surface area contributed by atoms with Gasteiger partial charge in [0.2, 0.25) is 5.91 Å². The van der Waals surface area contributed by atoms with E-state index in [0.29, 0.717) is 11.2 Å². The molecule has 1 aliphatic carbocycles. The summed E-state index contributed by atoms with van der Waals surface area (Å²) in [6, 6.07) is 7.35. The summed E-state index contributed by atoms with van der Waals surface area (Å²) < 4.78 is 0. The van der Waals surface area contributed by atoms with Gasteiger partial charge in [0, 0.05) is 17.7 Å². The van der Waals surface area contributed by atoms with Gasteiger partial charge in [-0.2, -0.15) is 0 Å². The van der Waals surface area contributed by atoms with E-state index in [4.69, 9.17) is 0 Å². The van der Waals surface area contributed by atoms with E-state index in [0.717, 1.165) is 16.8 Å². The van der Waals surface area contributed by atoms with Gasteiger partial charge in [-0.15, -0.1) is 0 Å². The molecule has 0 bridgehead atoms. The van der Waals surface area contributed by atoms with E-state index in [1.54, 1.807) is 24.3 Å². The summed E-state index contributed by atoms with van der Waals surface area (Å²) in [7, 11) is 0. The largest absolute Gasteiger partial charge is 0.325 e. The van der Waals surface area contributed by atoms with Crippen molar-refractivity contribution in [2.45, 2.75) is 13.8 Å². The lowest BCUT2D eigenvalue weighted by Crippen LogP contribution is -2.34. The molecule has 0 saturated heterocycles. The van der Waals surface area contributed by atoms with Crippen LogP contribution in [0.15, 0.2) is 71.0 Å². The average molecular weight is 358 g/mol. The highest BCUT2D eigenvalue weighted by Gasteiger charge is 2.28. The average Bonchev–Trinajstić information content (AvgIpc) is 2.66. The van der Waals surface area contributed by atoms with Crippen LogP contribution in [0.3, 0.4) is 0 Å². The quantitative estimate of drug-likeness (QED) is 0.894. The molecule has 2 aliphatic rings. The maximum Gasteiger partial charge on any atom is 0.297 e. The molecular formula is C21H18N4O2. The van der Waals surface area contributed by atoms with Crippen molar-refractivity contribution in [2.75, 3.05) is 0 Å². The molecule has 1 atom stereocenters. The lowest BCUT2D eigenvalue weighted by molar-refractivity contribution is -0.116. The van der Waals surface area contributed by atoms with E-state index < -0.39 is 5.91 Å². The first-order chi connectivity index (χ1) is 13.0. The maximum atomic E-state index is 12.5. The zero-order chi connectivity index (χ0) is 19.0. The first-order valence-electron chi connectivity index (χ1n) is 8.78. The van der Waals surface area contributed by atoms with Crippen LogP contribution in [0.25, 0.3) is 11.0 Å². The molecule has 0 radical (unpaired) electrons. The number of rotatable bonds is 2. The van der Waals surface area contributed by atoms with Gasteiger partial charge in [0.25, 0.3) is 5.91 Å². The van der Waals surface area contributed by atoms with Crippen LogP contribution in [-0.2, 0) is 4.79 Å². The van der Waals surface area contributed by atoms with Gasteiger partial charge in [0.1, 0.15) is 5.69 Å². The number of allylic oxidation sites excluding steroid dienone is 3. The molecule has 1 aliphatic heterocycles. The maximum absolute atomic E-state index is 12.5. The van der Waals surface area contributed by atoms with E-state index in [1.807, 2.05) is 24.3 Å². The van der Waals surface area contributed by atoms with Crippen LogP contribution in [0, 0.1) is 11.8 Å². The number of carbonyl (C=O) groups excluding carboxylic acids is 2. The molecule has 6 heteroatoms. The van der Waals surface area contributed by atoms with Gasteiger partial charge in [-0.05, 0) is 35.8 Å². The minimum Gasteiger partial charge on any atom is -0.325 e. The molecule has 1 aromatic heterocycles. The van der Waals surface area contributed by atoms with Crippen LogP contribution in [0.1, 0.15) is 24.3 Å². The minimum atomic E-state index is -0.468. The van der Waals surface area contributed by atoms with Crippen molar-refractivity contribution < 1.29 is 9.59 Å². The number of aliphatic imine (C=N–C) groups is 1.